The lowest BCUT2D eigenvalue weighted by molar-refractivity contribution is 0.0730. The van der Waals surface area contributed by atoms with Crippen LogP contribution in [-0.2, 0) is 20.5 Å². The van der Waals surface area contributed by atoms with E-state index < -0.39 is 10.0 Å². The Morgan fingerprint density at radius 1 is 1.14 bits per heavy atom. The molecule has 2 heterocycles. The van der Waals surface area contributed by atoms with Gasteiger partial charge in [-0.1, -0.05) is 52.0 Å². The van der Waals surface area contributed by atoms with Crippen molar-refractivity contribution >= 4 is 37.7 Å². The fourth-order valence-electron chi connectivity index (χ4n) is 3.04. The summed E-state index contributed by atoms with van der Waals surface area (Å²) in [7, 11) is -3.49. The highest BCUT2D eigenvalue weighted by Crippen LogP contribution is 2.26. The number of hydrogen-bond acceptors (Lipinski definition) is 5. The number of rotatable bonds is 6. The third kappa shape index (κ3) is 4.92. The quantitative estimate of drug-likeness (QED) is 0.521. The van der Waals surface area contributed by atoms with Crippen LogP contribution in [0.15, 0.2) is 69.3 Å². The van der Waals surface area contributed by atoms with Crippen molar-refractivity contribution in [2.45, 2.75) is 15.8 Å². The van der Waals surface area contributed by atoms with E-state index in [0.29, 0.717) is 37.0 Å². The third-order valence-electron chi connectivity index (χ3n) is 4.59. The molecule has 0 bridgehead atoms. The van der Waals surface area contributed by atoms with Crippen LogP contribution in [0.1, 0.15) is 5.56 Å². The molecule has 0 amide bonds. The molecule has 4 rings (SSSR count). The monoisotopic (exact) mass is 493 g/mol. The Hall–Kier alpha value is -1.65. The molecular formula is C20H20BrN3O3S2. The van der Waals surface area contributed by atoms with Crippen molar-refractivity contribution in [3.05, 3.63) is 64.8 Å². The zero-order chi connectivity index (χ0) is 20.3. The van der Waals surface area contributed by atoms with E-state index in [-0.39, 0.29) is 0 Å². The van der Waals surface area contributed by atoms with E-state index in [1.165, 1.54) is 4.31 Å². The Labute approximate surface area is 182 Å². The molecule has 152 valence electrons. The minimum Gasteiger partial charge on any atom is -0.379 e. The van der Waals surface area contributed by atoms with Gasteiger partial charge in [-0.3, -0.25) is 0 Å². The lowest BCUT2D eigenvalue weighted by atomic mass is 10.2. The molecule has 0 atom stereocenters. The molecule has 1 saturated heterocycles. The summed E-state index contributed by atoms with van der Waals surface area (Å²) in [5.41, 5.74) is 2.95. The molecule has 6 nitrogen and oxygen atoms in total. The zero-order valence-corrected chi connectivity index (χ0v) is 18.8. The number of benzene rings is 2. The zero-order valence-electron chi connectivity index (χ0n) is 15.5. The minimum absolute atomic E-state index is 0.326. The number of hydrogen-bond donors (Lipinski definition) is 1. The van der Waals surface area contributed by atoms with Crippen LogP contribution in [-0.4, -0.2) is 49.0 Å². The van der Waals surface area contributed by atoms with E-state index in [0.717, 1.165) is 26.4 Å². The average Bonchev–Trinajstić information content (AvgIpc) is 3.23. The van der Waals surface area contributed by atoms with Crippen molar-refractivity contribution in [1.29, 1.82) is 0 Å². The molecule has 9 heteroatoms. The van der Waals surface area contributed by atoms with Crippen molar-refractivity contribution in [1.82, 2.24) is 14.3 Å². The normalized spacial score (nSPS) is 15.5. The maximum atomic E-state index is 12.8. The summed E-state index contributed by atoms with van der Waals surface area (Å²) in [6.07, 6.45) is 1.81. The molecule has 0 aliphatic carbocycles. The summed E-state index contributed by atoms with van der Waals surface area (Å²) in [5.74, 6) is 0.625. The van der Waals surface area contributed by atoms with Crippen LogP contribution in [0.5, 0.6) is 0 Å². The van der Waals surface area contributed by atoms with Crippen LogP contribution in [0.3, 0.4) is 0 Å². The maximum absolute atomic E-state index is 12.8. The van der Waals surface area contributed by atoms with Gasteiger partial charge in [0.25, 0.3) is 0 Å². The first-order valence-electron chi connectivity index (χ1n) is 9.13. The Morgan fingerprint density at radius 2 is 1.90 bits per heavy atom. The predicted octanol–water partition coefficient (Wildman–Crippen LogP) is 4.15. The topological polar surface area (TPSA) is 75.3 Å². The summed E-state index contributed by atoms with van der Waals surface area (Å²) in [6, 6.07) is 15.1. The molecule has 1 N–H and O–H groups in total. The van der Waals surface area contributed by atoms with Crippen molar-refractivity contribution in [3.63, 3.8) is 0 Å². The first-order chi connectivity index (χ1) is 14.0. The number of aromatic nitrogens is 2. The second-order valence-corrected chi connectivity index (χ2v) is 10.4. The van der Waals surface area contributed by atoms with Crippen LogP contribution in [0.25, 0.3) is 11.3 Å². The number of morpholine rings is 1. The summed E-state index contributed by atoms with van der Waals surface area (Å²) >= 11 is 4.98. The van der Waals surface area contributed by atoms with Gasteiger partial charge in [0.1, 0.15) is 0 Å². The average molecular weight is 494 g/mol. The maximum Gasteiger partial charge on any atom is 0.243 e. The number of ether oxygens (including phenoxy) is 1. The second-order valence-electron chi connectivity index (χ2n) is 6.56. The number of halogens is 1. The SMILES string of the molecule is O=S(=O)(c1cccc(CSc2ncc(-c3ccc(Br)cc3)[nH]2)c1)N1CCOCC1. The first kappa shape index (κ1) is 20.6. The Balaban J connectivity index is 1.44. The van der Waals surface area contributed by atoms with Crippen molar-refractivity contribution in [2.75, 3.05) is 26.3 Å². The van der Waals surface area contributed by atoms with Gasteiger partial charge in [0.05, 0.1) is 30.0 Å². The molecule has 3 aromatic rings. The van der Waals surface area contributed by atoms with Gasteiger partial charge < -0.3 is 9.72 Å². The van der Waals surface area contributed by atoms with Gasteiger partial charge in [-0.25, -0.2) is 13.4 Å². The largest absolute Gasteiger partial charge is 0.379 e. The van der Waals surface area contributed by atoms with E-state index in [9.17, 15) is 8.42 Å². The van der Waals surface area contributed by atoms with E-state index in [4.69, 9.17) is 4.74 Å². The molecule has 1 fully saturated rings. The Morgan fingerprint density at radius 3 is 2.66 bits per heavy atom. The number of aromatic amines is 1. The van der Waals surface area contributed by atoms with Gasteiger partial charge in [-0.2, -0.15) is 4.31 Å². The van der Waals surface area contributed by atoms with Gasteiger partial charge in [-0.15, -0.1) is 0 Å². The van der Waals surface area contributed by atoms with Crippen LogP contribution >= 0.6 is 27.7 Å². The van der Waals surface area contributed by atoms with Gasteiger partial charge in [0, 0.05) is 23.3 Å². The van der Waals surface area contributed by atoms with Crippen molar-refractivity contribution < 1.29 is 13.2 Å². The van der Waals surface area contributed by atoms with Crippen molar-refractivity contribution in [2.24, 2.45) is 0 Å². The molecule has 0 saturated carbocycles. The molecule has 0 radical (unpaired) electrons. The lowest BCUT2D eigenvalue weighted by Gasteiger charge is -2.26. The van der Waals surface area contributed by atoms with Gasteiger partial charge in [-0.05, 0) is 35.4 Å². The number of thioether (sulfide) groups is 1. The van der Waals surface area contributed by atoms with E-state index >= 15 is 0 Å². The fourth-order valence-corrected chi connectivity index (χ4v) is 5.57. The van der Waals surface area contributed by atoms with Gasteiger partial charge in [0.2, 0.25) is 10.0 Å². The van der Waals surface area contributed by atoms with Gasteiger partial charge >= 0.3 is 0 Å². The van der Waals surface area contributed by atoms with Crippen LogP contribution in [0, 0.1) is 0 Å². The number of nitrogens with one attached hydrogen (secondary N) is 1. The molecular weight excluding hydrogens is 474 g/mol. The molecule has 0 spiro atoms. The molecule has 1 aliphatic rings. The smallest absolute Gasteiger partial charge is 0.243 e. The first-order valence-corrected chi connectivity index (χ1v) is 12.3. The molecule has 1 aliphatic heterocycles. The predicted molar refractivity (Wildman–Crippen MR) is 117 cm³/mol. The second kappa shape index (κ2) is 9.01. The highest BCUT2D eigenvalue weighted by Gasteiger charge is 2.26. The number of imidazole rings is 1. The molecule has 2 aromatic carbocycles. The number of H-pyrrole nitrogens is 1. The van der Waals surface area contributed by atoms with Gasteiger partial charge in [0.15, 0.2) is 5.16 Å². The summed E-state index contributed by atoms with van der Waals surface area (Å²) in [5, 5.41) is 0.796. The highest BCUT2D eigenvalue weighted by molar-refractivity contribution is 9.10. The van der Waals surface area contributed by atoms with E-state index in [1.807, 2.05) is 36.5 Å². The fraction of sp³-hybridized carbons (Fsp3) is 0.250. The van der Waals surface area contributed by atoms with E-state index in [2.05, 4.69) is 25.9 Å². The van der Waals surface area contributed by atoms with Crippen LogP contribution in [0.2, 0.25) is 0 Å². The lowest BCUT2D eigenvalue weighted by Crippen LogP contribution is -2.40. The Kier molecular flexibility index (Phi) is 6.41. The summed E-state index contributed by atoms with van der Waals surface area (Å²) in [4.78, 5) is 8.07. The molecule has 1 aromatic heterocycles. The van der Waals surface area contributed by atoms with Crippen LogP contribution in [0.4, 0.5) is 0 Å². The third-order valence-corrected chi connectivity index (χ3v) is 7.97. The highest BCUT2D eigenvalue weighted by atomic mass is 79.9. The Bertz CT molecular complexity index is 1080. The number of sulfonamides is 1. The van der Waals surface area contributed by atoms with Crippen molar-refractivity contribution in [3.8, 4) is 11.3 Å². The summed E-state index contributed by atoms with van der Waals surface area (Å²) < 4.78 is 33.5. The van der Waals surface area contributed by atoms with E-state index in [1.54, 1.807) is 30.0 Å². The summed E-state index contributed by atoms with van der Waals surface area (Å²) in [6.45, 7) is 1.67. The number of nitrogens with zero attached hydrogens (tertiary/aromatic N) is 2. The molecule has 29 heavy (non-hydrogen) atoms. The molecule has 0 unspecified atom stereocenters. The standard InChI is InChI=1S/C20H20BrN3O3S2/c21-17-6-4-16(5-7-17)19-13-22-20(23-19)28-14-15-2-1-3-18(12-15)29(25,26)24-8-10-27-11-9-24/h1-7,12-13H,8-11,14H2,(H,22,23). The van der Waals surface area contributed by atoms with Crippen LogP contribution < -0.4 is 0 Å². The minimum atomic E-state index is -3.49.